The Hall–Kier alpha value is -0.340. The summed E-state index contributed by atoms with van der Waals surface area (Å²) in [5.41, 5.74) is 1.43. The summed E-state index contributed by atoms with van der Waals surface area (Å²) in [6, 6.07) is 0.807. The molecule has 2 heteroatoms. The summed E-state index contributed by atoms with van der Waals surface area (Å²) < 4.78 is 5.75. The van der Waals surface area contributed by atoms with E-state index in [1.54, 1.807) is 0 Å². The van der Waals surface area contributed by atoms with E-state index >= 15 is 0 Å². The summed E-state index contributed by atoms with van der Waals surface area (Å²) in [5, 5.41) is 3.52. The molecule has 2 unspecified atom stereocenters. The van der Waals surface area contributed by atoms with Gasteiger partial charge in [0.15, 0.2) is 0 Å². The van der Waals surface area contributed by atoms with Crippen molar-refractivity contribution in [2.45, 2.75) is 57.8 Å². The first-order valence-corrected chi connectivity index (χ1v) is 5.80. The van der Waals surface area contributed by atoms with Crippen molar-refractivity contribution in [3.05, 3.63) is 11.6 Å². The van der Waals surface area contributed by atoms with E-state index in [-0.39, 0.29) is 0 Å². The molecule has 2 fully saturated rings. The van der Waals surface area contributed by atoms with Gasteiger partial charge >= 0.3 is 0 Å². The smallest absolute Gasteiger partial charge is 0.0763 e. The van der Waals surface area contributed by atoms with E-state index in [0.717, 1.165) is 12.6 Å². The monoisotopic (exact) mass is 195 g/mol. The van der Waals surface area contributed by atoms with Crippen LogP contribution in [0.15, 0.2) is 11.6 Å². The van der Waals surface area contributed by atoms with E-state index in [1.807, 2.05) is 0 Å². The lowest BCUT2D eigenvalue weighted by molar-refractivity contribution is 0.0828. The lowest BCUT2D eigenvalue weighted by Gasteiger charge is -2.08. The molecule has 2 atom stereocenters. The van der Waals surface area contributed by atoms with Crippen LogP contribution < -0.4 is 5.32 Å². The molecule has 0 bridgehead atoms. The fraction of sp³-hybridized carbons (Fsp3) is 0.833. The predicted octanol–water partition coefficient (Wildman–Crippen LogP) is 2.25. The highest BCUT2D eigenvalue weighted by Crippen LogP contribution is 2.21. The zero-order valence-electron chi connectivity index (χ0n) is 9.25. The number of hydrogen-bond donors (Lipinski definition) is 1. The second-order valence-corrected chi connectivity index (χ2v) is 4.73. The Balaban J connectivity index is 1.71. The van der Waals surface area contributed by atoms with Gasteiger partial charge in [-0.2, -0.15) is 0 Å². The van der Waals surface area contributed by atoms with Gasteiger partial charge in [0, 0.05) is 12.6 Å². The summed E-state index contributed by atoms with van der Waals surface area (Å²) in [6.07, 6.45) is 8.27. The van der Waals surface area contributed by atoms with Gasteiger partial charge in [0.2, 0.25) is 0 Å². The second kappa shape index (κ2) is 4.45. The zero-order chi connectivity index (χ0) is 9.97. The van der Waals surface area contributed by atoms with Crippen LogP contribution in [0.5, 0.6) is 0 Å². The highest BCUT2D eigenvalue weighted by atomic mass is 16.5. The SMILES string of the molecule is C/C(=C/C1CCC(C)O1)CNC1CC1. The van der Waals surface area contributed by atoms with Gasteiger partial charge in [-0.1, -0.05) is 11.6 Å². The maximum absolute atomic E-state index is 5.75. The quantitative estimate of drug-likeness (QED) is 0.695. The average Bonchev–Trinajstić information content (AvgIpc) is 2.88. The van der Waals surface area contributed by atoms with Crippen LogP contribution in [-0.2, 0) is 4.74 Å². The molecular formula is C12H21NO. The molecule has 1 aliphatic heterocycles. The van der Waals surface area contributed by atoms with Crippen molar-refractivity contribution in [3.8, 4) is 0 Å². The molecule has 0 aromatic rings. The number of hydrogen-bond acceptors (Lipinski definition) is 2. The van der Waals surface area contributed by atoms with Gasteiger partial charge in [-0.3, -0.25) is 0 Å². The van der Waals surface area contributed by atoms with Crippen molar-refractivity contribution in [3.63, 3.8) is 0 Å². The molecule has 80 valence electrons. The highest BCUT2D eigenvalue weighted by molar-refractivity contribution is 5.06. The topological polar surface area (TPSA) is 21.3 Å². The third-order valence-electron chi connectivity index (χ3n) is 2.98. The minimum Gasteiger partial charge on any atom is -0.371 e. The Morgan fingerprint density at radius 1 is 1.36 bits per heavy atom. The van der Waals surface area contributed by atoms with Gasteiger partial charge in [-0.05, 0) is 39.5 Å². The lowest BCUT2D eigenvalue weighted by atomic mass is 10.1. The van der Waals surface area contributed by atoms with E-state index in [9.17, 15) is 0 Å². The van der Waals surface area contributed by atoms with Gasteiger partial charge < -0.3 is 10.1 Å². The third kappa shape index (κ3) is 3.10. The fourth-order valence-corrected chi connectivity index (χ4v) is 1.93. The van der Waals surface area contributed by atoms with Crippen molar-refractivity contribution in [1.29, 1.82) is 0 Å². The molecule has 2 rings (SSSR count). The first kappa shape index (κ1) is 10.2. The molecule has 14 heavy (non-hydrogen) atoms. The molecule has 0 radical (unpaired) electrons. The van der Waals surface area contributed by atoms with Crippen LogP contribution in [0.1, 0.15) is 39.5 Å². The standard InChI is InChI=1S/C12H21NO/c1-9(8-13-11-4-5-11)7-12-6-3-10(2)14-12/h7,10-13H,3-6,8H2,1-2H3/b9-7-. The minimum atomic E-state index is 0.381. The maximum atomic E-state index is 5.75. The Labute approximate surface area is 86.7 Å². The molecule has 1 saturated heterocycles. The first-order valence-electron chi connectivity index (χ1n) is 5.80. The Morgan fingerprint density at radius 3 is 2.71 bits per heavy atom. The second-order valence-electron chi connectivity index (χ2n) is 4.73. The van der Waals surface area contributed by atoms with Gasteiger partial charge in [0.05, 0.1) is 12.2 Å². The maximum Gasteiger partial charge on any atom is 0.0763 e. The van der Waals surface area contributed by atoms with Crippen molar-refractivity contribution in [2.75, 3.05) is 6.54 Å². The summed E-state index contributed by atoms with van der Waals surface area (Å²) >= 11 is 0. The summed E-state index contributed by atoms with van der Waals surface area (Å²) in [5.74, 6) is 0. The fourth-order valence-electron chi connectivity index (χ4n) is 1.93. The van der Waals surface area contributed by atoms with Crippen LogP contribution in [-0.4, -0.2) is 24.8 Å². The van der Waals surface area contributed by atoms with Crippen LogP contribution in [0.25, 0.3) is 0 Å². The van der Waals surface area contributed by atoms with Crippen LogP contribution in [0, 0.1) is 0 Å². The van der Waals surface area contributed by atoms with E-state index in [1.165, 1.54) is 31.3 Å². The molecule has 0 spiro atoms. The zero-order valence-corrected chi connectivity index (χ0v) is 9.25. The Morgan fingerprint density at radius 2 is 2.14 bits per heavy atom. The van der Waals surface area contributed by atoms with Crippen LogP contribution in [0.3, 0.4) is 0 Å². The van der Waals surface area contributed by atoms with Crippen molar-refractivity contribution >= 4 is 0 Å². The molecule has 1 heterocycles. The molecule has 2 nitrogen and oxygen atoms in total. The van der Waals surface area contributed by atoms with Gasteiger partial charge in [0.1, 0.15) is 0 Å². The summed E-state index contributed by atoms with van der Waals surface area (Å²) in [7, 11) is 0. The van der Waals surface area contributed by atoms with Crippen LogP contribution in [0.2, 0.25) is 0 Å². The Bertz CT molecular complexity index is 220. The molecule has 2 aliphatic rings. The molecule has 0 aromatic heterocycles. The van der Waals surface area contributed by atoms with E-state index in [4.69, 9.17) is 4.74 Å². The van der Waals surface area contributed by atoms with Crippen molar-refractivity contribution < 1.29 is 4.74 Å². The van der Waals surface area contributed by atoms with Crippen LogP contribution in [0.4, 0.5) is 0 Å². The molecule has 0 aromatic carbocycles. The van der Waals surface area contributed by atoms with Crippen LogP contribution >= 0.6 is 0 Å². The van der Waals surface area contributed by atoms with E-state index in [2.05, 4.69) is 25.2 Å². The highest BCUT2D eigenvalue weighted by Gasteiger charge is 2.21. The number of ether oxygens (including phenoxy) is 1. The number of rotatable bonds is 4. The normalized spacial score (nSPS) is 33.7. The average molecular weight is 195 g/mol. The molecular weight excluding hydrogens is 174 g/mol. The first-order chi connectivity index (χ1) is 6.74. The largest absolute Gasteiger partial charge is 0.371 e. The summed E-state index contributed by atoms with van der Waals surface area (Å²) in [6.45, 7) is 5.40. The predicted molar refractivity (Wildman–Crippen MR) is 58.4 cm³/mol. The third-order valence-corrected chi connectivity index (χ3v) is 2.98. The van der Waals surface area contributed by atoms with E-state index < -0.39 is 0 Å². The van der Waals surface area contributed by atoms with Crippen molar-refractivity contribution in [2.24, 2.45) is 0 Å². The Kier molecular flexibility index (Phi) is 3.24. The van der Waals surface area contributed by atoms with Crippen molar-refractivity contribution in [1.82, 2.24) is 5.32 Å². The lowest BCUT2D eigenvalue weighted by Crippen LogP contribution is -2.19. The van der Waals surface area contributed by atoms with Gasteiger partial charge in [0.25, 0.3) is 0 Å². The van der Waals surface area contributed by atoms with E-state index in [0.29, 0.717) is 12.2 Å². The molecule has 1 aliphatic carbocycles. The molecule has 1 saturated carbocycles. The minimum absolute atomic E-state index is 0.381. The number of nitrogens with one attached hydrogen (secondary N) is 1. The van der Waals surface area contributed by atoms with Gasteiger partial charge in [-0.25, -0.2) is 0 Å². The van der Waals surface area contributed by atoms with Gasteiger partial charge in [-0.15, -0.1) is 0 Å². The molecule has 0 amide bonds. The molecule has 1 N–H and O–H groups in total. The summed E-state index contributed by atoms with van der Waals surface area (Å²) in [4.78, 5) is 0.